The molecule has 0 radical (unpaired) electrons. The predicted octanol–water partition coefficient (Wildman–Crippen LogP) is 2.64. The first-order chi connectivity index (χ1) is 7.54. The van der Waals surface area contributed by atoms with Gasteiger partial charge in [-0.25, -0.2) is 13.6 Å². The summed E-state index contributed by atoms with van der Waals surface area (Å²) in [4.78, 5) is 10.9. The van der Waals surface area contributed by atoms with Crippen LogP contribution in [0.25, 0.3) is 0 Å². The summed E-state index contributed by atoms with van der Waals surface area (Å²) in [7, 11) is 0. The van der Waals surface area contributed by atoms with Crippen LogP contribution in [0.15, 0.2) is 16.6 Å². The van der Waals surface area contributed by atoms with Crippen molar-refractivity contribution in [2.24, 2.45) is 0 Å². The number of carbonyl (C=O) groups is 1. The Labute approximate surface area is 99.7 Å². The van der Waals surface area contributed by atoms with Gasteiger partial charge in [-0.1, -0.05) is 5.92 Å². The van der Waals surface area contributed by atoms with Crippen molar-refractivity contribution in [3.8, 4) is 11.8 Å². The smallest absolute Gasteiger partial charge is 0.384 e. The fourth-order valence-electron chi connectivity index (χ4n) is 0.942. The molecule has 0 aliphatic carbocycles. The van der Waals surface area contributed by atoms with Gasteiger partial charge in [0.2, 0.25) is 0 Å². The maximum Gasteiger partial charge on any atom is 0.384 e. The number of hydrogen-bond donors (Lipinski definition) is 0. The topological polar surface area (TPSA) is 26.3 Å². The Morgan fingerprint density at radius 2 is 2.19 bits per heavy atom. The third kappa shape index (κ3) is 3.31. The lowest BCUT2D eigenvalue weighted by Crippen LogP contribution is -2.00. The highest BCUT2D eigenvalue weighted by Crippen LogP contribution is 2.20. The molecule has 0 bridgehead atoms. The molecule has 0 fully saturated rings. The molecule has 5 heteroatoms. The molecule has 0 heterocycles. The molecule has 1 rings (SSSR count). The summed E-state index contributed by atoms with van der Waals surface area (Å²) < 4.78 is 30.6. The van der Waals surface area contributed by atoms with Gasteiger partial charge in [0.25, 0.3) is 0 Å². The molecule has 0 aromatic heterocycles. The predicted molar refractivity (Wildman–Crippen MR) is 57.6 cm³/mol. The van der Waals surface area contributed by atoms with E-state index in [1.165, 1.54) is 0 Å². The zero-order chi connectivity index (χ0) is 12.1. The molecule has 0 saturated heterocycles. The van der Waals surface area contributed by atoms with Crippen molar-refractivity contribution in [2.45, 2.75) is 6.92 Å². The average molecular weight is 289 g/mol. The quantitative estimate of drug-likeness (QED) is 0.587. The van der Waals surface area contributed by atoms with Gasteiger partial charge in [0.15, 0.2) is 0 Å². The van der Waals surface area contributed by atoms with Crippen LogP contribution in [0.3, 0.4) is 0 Å². The van der Waals surface area contributed by atoms with E-state index >= 15 is 0 Å². The van der Waals surface area contributed by atoms with Crippen molar-refractivity contribution in [1.82, 2.24) is 0 Å². The Balaban J connectivity index is 3.01. The van der Waals surface area contributed by atoms with E-state index in [9.17, 15) is 13.6 Å². The van der Waals surface area contributed by atoms with Crippen LogP contribution in [0.2, 0.25) is 0 Å². The number of ether oxygens (including phenoxy) is 1. The summed E-state index contributed by atoms with van der Waals surface area (Å²) in [6.45, 7) is 1.83. The minimum Gasteiger partial charge on any atom is -0.456 e. The number of rotatable bonds is 1. The van der Waals surface area contributed by atoms with Crippen LogP contribution in [0.1, 0.15) is 12.5 Å². The van der Waals surface area contributed by atoms with E-state index in [1.54, 1.807) is 6.92 Å². The highest BCUT2D eigenvalue weighted by molar-refractivity contribution is 9.10. The molecule has 0 aliphatic rings. The van der Waals surface area contributed by atoms with E-state index in [0.29, 0.717) is 6.07 Å². The SMILES string of the molecule is CCOC(=O)C#Cc1c(F)cc(F)cc1Br. The second-order valence-corrected chi connectivity index (χ2v) is 3.57. The van der Waals surface area contributed by atoms with E-state index in [4.69, 9.17) is 0 Å². The maximum atomic E-state index is 13.2. The van der Waals surface area contributed by atoms with Gasteiger partial charge in [-0.05, 0) is 28.9 Å². The first kappa shape index (κ1) is 12.7. The van der Waals surface area contributed by atoms with Crippen LogP contribution in [0.4, 0.5) is 8.78 Å². The lowest BCUT2D eigenvalue weighted by atomic mass is 10.2. The van der Waals surface area contributed by atoms with E-state index in [-0.39, 0.29) is 16.6 Å². The van der Waals surface area contributed by atoms with E-state index < -0.39 is 17.6 Å². The molecule has 0 N–H and O–H groups in total. The molecule has 0 spiro atoms. The summed E-state index contributed by atoms with van der Waals surface area (Å²) in [5, 5.41) is 0. The van der Waals surface area contributed by atoms with Gasteiger partial charge in [-0.2, -0.15) is 0 Å². The van der Waals surface area contributed by atoms with Crippen molar-refractivity contribution in [3.05, 3.63) is 33.8 Å². The van der Waals surface area contributed by atoms with Crippen molar-refractivity contribution in [1.29, 1.82) is 0 Å². The van der Waals surface area contributed by atoms with Gasteiger partial charge in [-0.3, -0.25) is 0 Å². The first-order valence-electron chi connectivity index (χ1n) is 4.38. The number of carbonyl (C=O) groups excluding carboxylic acids is 1. The Morgan fingerprint density at radius 3 is 2.75 bits per heavy atom. The summed E-state index contributed by atoms with van der Waals surface area (Å²) in [6, 6.07) is 1.76. The Bertz CT molecular complexity index is 452. The van der Waals surface area contributed by atoms with Crippen molar-refractivity contribution in [3.63, 3.8) is 0 Å². The van der Waals surface area contributed by atoms with Gasteiger partial charge >= 0.3 is 5.97 Å². The second kappa shape index (κ2) is 5.61. The lowest BCUT2D eigenvalue weighted by molar-refractivity contribution is -0.136. The molecule has 16 heavy (non-hydrogen) atoms. The molecule has 0 unspecified atom stereocenters. The maximum absolute atomic E-state index is 13.2. The summed E-state index contributed by atoms with van der Waals surface area (Å²) in [6.07, 6.45) is 0. The molecule has 1 aromatic rings. The van der Waals surface area contributed by atoms with Gasteiger partial charge in [0, 0.05) is 16.5 Å². The van der Waals surface area contributed by atoms with Crippen LogP contribution in [-0.4, -0.2) is 12.6 Å². The molecular formula is C11H7BrF2O2. The Kier molecular flexibility index (Phi) is 4.44. The number of benzene rings is 1. The van der Waals surface area contributed by atoms with Crippen LogP contribution < -0.4 is 0 Å². The molecule has 2 nitrogen and oxygen atoms in total. The van der Waals surface area contributed by atoms with Crippen LogP contribution in [0, 0.1) is 23.5 Å². The van der Waals surface area contributed by atoms with Crippen LogP contribution in [0.5, 0.6) is 0 Å². The zero-order valence-corrected chi connectivity index (χ0v) is 9.90. The van der Waals surface area contributed by atoms with Crippen molar-refractivity contribution < 1.29 is 18.3 Å². The Morgan fingerprint density at radius 1 is 1.50 bits per heavy atom. The second-order valence-electron chi connectivity index (χ2n) is 2.71. The molecule has 1 aromatic carbocycles. The minimum absolute atomic E-state index is 0.0746. The monoisotopic (exact) mass is 288 g/mol. The first-order valence-corrected chi connectivity index (χ1v) is 5.17. The number of halogens is 3. The largest absolute Gasteiger partial charge is 0.456 e. The number of esters is 1. The van der Waals surface area contributed by atoms with E-state index in [2.05, 4.69) is 32.5 Å². The van der Waals surface area contributed by atoms with Gasteiger partial charge < -0.3 is 4.74 Å². The lowest BCUT2D eigenvalue weighted by Gasteiger charge is -1.98. The summed E-state index contributed by atoms with van der Waals surface area (Å²) in [5.41, 5.74) is -0.0746. The van der Waals surface area contributed by atoms with Gasteiger partial charge in [-0.15, -0.1) is 0 Å². The van der Waals surface area contributed by atoms with Crippen molar-refractivity contribution in [2.75, 3.05) is 6.61 Å². The fourth-order valence-corrected chi connectivity index (χ4v) is 1.45. The Hall–Kier alpha value is -1.41. The standard InChI is InChI=1S/C11H7BrF2O2/c1-2-16-11(15)4-3-8-9(12)5-7(13)6-10(8)14/h5-6H,2H2,1H3. The summed E-state index contributed by atoms with van der Waals surface area (Å²) >= 11 is 2.95. The summed E-state index contributed by atoms with van der Waals surface area (Å²) in [5.74, 6) is 2.08. The van der Waals surface area contributed by atoms with Crippen LogP contribution in [-0.2, 0) is 9.53 Å². The van der Waals surface area contributed by atoms with Crippen LogP contribution >= 0.6 is 15.9 Å². The highest BCUT2D eigenvalue weighted by atomic mass is 79.9. The molecule has 0 atom stereocenters. The molecular weight excluding hydrogens is 282 g/mol. The third-order valence-electron chi connectivity index (χ3n) is 1.57. The fraction of sp³-hybridized carbons (Fsp3) is 0.182. The molecule has 0 amide bonds. The molecule has 0 saturated carbocycles. The van der Waals surface area contributed by atoms with Gasteiger partial charge in [0.05, 0.1) is 12.2 Å². The highest BCUT2D eigenvalue weighted by Gasteiger charge is 2.07. The van der Waals surface area contributed by atoms with Gasteiger partial charge in [0.1, 0.15) is 11.6 Å². The molecule has 84 valence electrons. The van der Waals surface area contributed by atoms with E-state index in [1.807, 2.05) is 0 Å². The van der Waals surface area contributed by atoms with E-state index in [0.717, 1.165) is 6.07 Å². The average Bonchev–Trinajstić information content (AvgIpc) is 2.16. The zero-order valence-electron chi connectivity index (χ0n) is 8.31. The van der Waals surface area contributed by atoms with Crippen molar-refractivity contribution >= 4 is 21.9 Å². The minimum atomic E-state index is -0.830. The number of hydrogen-bond acceptors (Lipinski definition) is 2. The third-order valence-corrected chi connectivity index (χ3v) is 2.20. The normalized spacial score (nSPS) is 9.25. The molecule has 0 aliphatic heterocycles.